The number of nitrogens with zero attached hydrogens (tertiary/aromatic N) is 1. The predicted octanol–water partition coefficient (Wildman–Crippen LogP) is 2.83. The fraction of sp³-hybridized carbons (Fsp3) is 0.0833. The highest BCUT2D eigenvalue weighted by Crippen LogP contribution is 2.33. The van der Waals surface area contributed by atoms with Crippen LogP contribution >= 0.6 is 22.9 Å². The Morgan fingerprint density at radius 1 is 1.35 bits per heavy atom. The van der Waals surface area contributed by atoms with Gasteiger partial charge in [-0.05, 0) is 12.1 Å². The van der Waals surface area contributed by atoms with E-state index < -0.39 is 11.9 Å². The van der Waals surface area contributed by atoms with Crippen LogP contribution in [0.15, 0.2) is 23.6 Å². The SMILES string of the molecule is CC(=O)O.Nc1c(Cl)cccc1-c1nc(C(=O)O)cs1. The van der Waals surface area contributed by atoms with Gasteiger partial charge < -0.3 is 15.9 Å². The maximum Gasteiger partial charge on any atom is 0.355 e. The number of rotatable bonds is 2. The zero-order chi connectivity index (χ0) is 15.3. The third-order valence-electron chi connectivity index (χ3n) is 2.01. The summed E-state index contributed by atoms with van der Waals surface area (Å²) in [6, 6.07) is 5.17. The molecular weight excluding hydrogens is 304 g/mol. The summed E-state index contributed by atoms with van der Waals surface area (Å²) in [6.07, 6.45) is 0. The Morgan fingerprint density at radius 3 is 2.45 bits per heavy atom. The topological polar surface area (TPSA) is 114 Å². The first-order valence-corrected chi connectivity index (χ1v) is 6.51. The standard InChI is InChI=1S/C10H7ClN2O2S.C2H4O2/c11-6-3-1-2-5(8(6)12)9-13-7(4-16-9)10(14)15;1-2(3)4/h1-4H,12H2,(H,14,15);1H3,(H,3,4). The largest absolute Gasteiger partial charge is 0.481 e. The molecule has 106 valence electrons. The number of aromatic carboxylic acids is 1. The van der Waals surface area contributed by atoms with Gasteiger partial charge in [0.15, 0.2) is 5.69 Å². The molecule has 0 radical (unpaired) electrons. The first-order chi connectivity index (χ1) is 9.32. The monoisotopic (exact) mass is 314 g/mol. The maximum atomic E-state index is 10.7. The molecule has 0 saturated carbocycles. The van der Waals surface area contributed by atoms with Crippen LogP contribution in [0, 0.1) is 0 Å². The molecule has 4 N–H and O–H groups in total. The van der Waals surface area contributed by atoms with Crippen LogP contribution in [0.4, 0.5) is 5.69 Å². The molecular formula is C12H11ClN2O4S. The summed E-state index contributed by atoms with van der Waals surface area (Å²) >= 11 is 7.09. The number of hydrogen-bond donors (Lipinski definition) is 3. The number of benzene rings is 1. The van der Waals surface area contributed by atoms with Crippen LogP contribution in [0.5, 0.6) is 0 Å². The lowest BCUT2D eigenvalue weighted by molar-refractivity contribution is -0.134. The van der Waals surface area contributed by atoms with Gasteiger partial charge in [0.1, 0.15) is 5.01 Å². The number of aromatic nitrogens is 1. The molecule has 0 aliphatic rings. The van der Waals surface area contributed by atoms with Gasteiger partial charge in [0.05, 0.1) is 10.7 Å². The summed E-state index contributed by atoms with van der Waals surface area (Å²) < 4.78 is 0. The van der Waals surface area contributed by atoms with Crippen molar-refractivity contribution in [2.24, 2.45) is 0 Å². The van der Waals surface area contributed by atoms with Gasteiger partial charge in [-0.2, -0.15) is 0 Å². The van der Waals surface area contributed by atoms with E-state index in [2.05, 4.69) is 4.98 Å². The van der Waals surface area contributed by atoms with Gasteiger partial charge in [0.25, 0.3) is 5.97 Å². The van der Waals surface area contributed by atoms with Crippen molar-refractivity contribution in [3.63, 3.8) is 0 Å². The quantitative estimate of drug-likeness (QED) is 0.734. The van der Waals surface area contributed by atoms with Crippen molar-refractivity contribution in [2.75, 3.05) is 5.73 Å². The molecule has 8 heteroatoms. The molecule has 1 aromatic heterocycles. The number of carboxylic acid groups (broad SMARTS) is 2. The Labute approximate surface area is 123 Å². The fourth-order valence-corrected chi connectivity index (χ4v) is 2.23. The van der Waals surface area contributed by atoms with Crippen molar-refractivity contribution in [3.05, 3.63) is 34.3 Å². The van der Waals surface area contributed by atoms with E-state index in [4.69, 9.17) is 32.3 Å². The number of nitrogens with two attached hydrogens (primary N) is 1. The number of aliphatic carboxylic acids is 1. The van der Waals surface area contributed by atoms with Crippen LogP contribution in [-0.2, 0) is 4.79 Å². The first kappa shape index (κ1) is 15.9. The second-order valence-corrected chi connectivity index (χ2v) is 4.83. The van der Waals surface area contributed by atoms with Crippen molar-refractivity contribution in [2.45, 2.75) is 6.92 Å². The molecule has 1 heterocycles. The van der Waals surface area contributed by atoms with E-state index in [1.807, 2.05) is 0 Å². The Balaban J connectivity index is 0.000000444. The minimum atomic E-state index is -1.05. The average molecular weight is 315 g/mol. The van der Waals surface area contributed by atoms with Crippen molar-refractivity contribution < 1.29 is 19.8 Å². The summed E-state index contributed by atoms with van der Waals surface area (Å²) in [6.45, 7) is 1.08. The summed E-state index contributed by atoms with van der Waals surface area (Å²) in [5.41, 5.74) is 6.87. The zero-order valence-corrected chi connectivity index (χ0v) is 11.9. The van der Waals surface area contributed by atoms with E-state index in [0.29, 0.717) is 21.3 Å². The Bertz CT molecular complexity index is 638. The van der Waals surface area contributed by atoms with Crippen LogP contribution in [-0.4, -0.2) is 27.1 Å². The first-order valence-electron chi connectivity index (χ1n) is 5.25. The summed E-state index contributed by atoms with van der Waals surface area (Å²) in [5, 5.41) is 18.6. The number of anilines is 1. The summed E-state index contributed by atoms with van der Waals surface area (Å²) in [4.78, 5) is 23.6. The van der Waals surface area contributed by atoms with Crippen molar-refractivity contribution in [1.29, 1.82) is 0 Å². The van der Waals surface area contributed by atoms with Gasteiger partial charge in [0.2, 0.25) is 0 Å². The van der Waals surface area contributed by atoms with Crippen LogP contribution < -0.4 is 5.73 Å². The lowest BCUT2D eigenvalue weighted by Gasteiger charge is -2.03. The Kier molecular flexibility index (Phi) is 5.48. The van der Waals surface area contributed by atoms with Crippen LogP contribution in [0.3, 0.4) is 0 Å². The number of carboxylic acids is 2. The third-order valence-corrected chi connectivity index (χ3v) is 3.21. The highest BCUT2D eigenvalue weighted by Gasteiger charge is 2.13. The van der Waals surface area contributed by atoms with E-state index in [9.17, 15) is 4.79 Å². The molecule has 0 saturated heterocycles. The second-order valence-electron chi connectivity index (χ2n) is 3.56. The lowest BCUT2D eigenvalue weighted by atomic mass is 10.2. The van der Waals surface area contributed by atoms with Crippen LogP contribution in [0.1, 0.15) is 17.4 Å². The summed E-state index contributed by atoms with van der Waals surface area (Å²) in [5.74, 6) is -1.89. The van der Waals surface area contributed by atoms with Gasteiger partial charge >= 0.3 is 5.97 Å². The molecule has 2 aromatic rings. The molecule has 0 unspecified atom stereocenters. The number of nitrogen functional groups attached to an aromatic ring is 1. The second kappa shape index (κ2) is 6.88. The third kappa shape index (κ3) is 4.22. The van der Waals surface area contributed by atoms with Gasteiger partial charge in [0, 0.05) is 17.9 Å². The highest BCUT2D eigenvalue weighted by atomic mass is 35.5. The molecule has 0 fully saturated rings. The number of halogens is 1. The number of hydrogen-bond acceptors (Lipinski definition) is 5. The molecule has 0 atom stereocenters. The Morgan fingerprint density at radius 2 is 1.95 bits per heavy atom. The molecule has 6 nitrogen and oxygen atoms in total. The molecule has 0 aliphatic carbocycles. The molecule has 0 aliphatic heterocycles. The summed E-state index contributed by atoms with van der Waals surface area (Å²) in [7, 11) is 0. The zero-order valence-electron chi connectivity index (χ0n) is 10.3. The smallest absolute Gasteiger partial charge is 0.355 e. The van der Waals surface area contributed by atoms with E-state index in [1.165, 1.54) is 16.7 Å². The maximum absolute atomic E-state index is 10.7. The van der Waals surface area contributed by atoms with Gasteiger partial charge in [-0.3, -0.25) is 4.79 Å². The number of thiazole rings is 1. The van der Waals surface area contributed by atoms with Gasteiger partial charge in [-0.1, -0.05) is 17.7 Å². The molecule has 1 aromatic carbocycles. The van der Waals surface area contributed by atoms with Crippen molar-refractivity contribution in [1.82, 2.24) is 4.98 Å². The number of para-hydroxylation sites is 1. The van der Waals surface area contributed by atoms with Gasteiger partial charge in [-0.25, -0.2) is 9.78 Å². The predicted molar refractivity (Wildman–Crippen MR) is 77.2 cm³/mol. The van der Waals surface area contributed by atoms with E-state index in [1.54, 1.807) is 18.2 Å². The molecule has 0 spiro atoms. The molecule has 20 heavy (non-hydrogen) atoms. The number of carbonyl (C=O) groups is 2. The van der Waals surface area contributed by atoms with Crippen LogP contribution in [0.2, 0.25) is 5.02 Å². The van der Waals surface area contributed by atoms with E-state index in [0.717, 1.165) is 6.92 Å². The van der Waals surface area contributed by atoms with E-state index >= 15 is 0 Å². The molecule has 2 rings (SSSR count). The Hall–Kier alpha value is -2.12. The lowest BCUT2D eigenvalue weighted by Crippen LogP contribution is -1.96. The molecule has 0 bridgehead atoms. The minimum Gasteiger partial charge on any atom is -0.481 e. The average Bonchev–Trinajstić information content (AvgIpc) is 2.81. The van der Waals surface area contributed by atoms with Gasteiger partial charge in [-0.15, -0.1) is 11.3 Å². The normalized spacial score (nSPS) is 9.50. The van der Waals surface area contributed by atoms with Crippen LogP contribution in [0.25, 0.3) is 10.6 Å². The molecule has 0 amide bonds. The van der Waals surface area contributed by atoms with Crippen molar-refractivity contribution >= 4 is 40.6 Å². The van der Waals surface area contributed by atoms with E-state index in [-0.39, 0.29) is 5.69 Å². The van der Waals surface area contributed by atoms with Crippen molar-refractivity contribution in [3.8, 4) is 10.6 Å². The fourth-order valence-electron chi connectivity index (χ4n) is 1.22. The minimum absolute atomic E-state index is 0.0133. The highest BCUT2D eigenvalue weighted by molar-refractivity contribution is 7.13.